The number of anilines is 3. The van der Waals surface area contributed by atoms with E-state index in [1.807, 2.05) is 42.3 Å². The number of carbonyl (C=O) groups excluding carboxylic acids is 1. The lowest BCUT2D eigenvalue weighted by Crippen LogP contribution is -2.22. The topological polar surface area (TPSA) is 116 Å². The van der Waals surface area contributed by atoms with E-state index in [1.165, 1.54) is 15.3 Å². The molecule has 0 aliphatic carbocycles. The smallest absolute Gasteiger partial charge is 0.358 e. The first-order chi connectivity index (χ1) is 19.0. The van der Waals surface area contributed by atoms with Gasteiger partial charge in [0.15, 0.2) is 17.2 Å². The SMILES string of the molecule is CCOC(=O)c1cnc2c(N(C)Cc3ccc(OC)cc3)cc(Nc3cccn(-c4ccccn4)c3=O)nn12. The number of nitrogens with one attached hydrogen (secondary N) is 1. The number of hydrogen-bond donors (Lipinski definition) is 1. The van der Waals surface area contributed by atoms with Crippen LogP contribution in [-0.4, -0.2) is 50.9 Å². The van der Waals surface area contributed by atoms with Crippen LogP contribution in [0.25, 0.3) is 11.5 Å². The van der Waals surface area contributed by atoms with Crippen molar-refractivity contribution in [1.29, 1.82) is 0 Å². The Morgan fingerprint density at radius 3 is 2.62 bits per heavy atom. The highest BCUT2D eigenvalue weighted by atomic mass is 16.5. The molecule has 5 rings (SSSR count). The van der Waals surface area contributed by atoms with Gasteiger partial charge in [0.1, 0.15) is 17.3 Å². The van der Waals surface area contributed by atoms with Crippen molar-refractivity contribution in [1.82, 2.24) is 24.1 Å². The zero-order chi connectivity index (χ0) is 27.4. The first kappa shape index (κ1) is 25.5. The molecule has 0 unspecified atom stereocenters. The third-order valence-corrected chi connectivity index (χ3v) is 6.03. The van der Waals surface area contributed by atoms with Gasteiger partial charge < -0.3 is 19.7 Å². The van der Waals surface area contributed by atoms with E-state index in [0.717, 1.165) is 11.3 Å². The third-order valence-electron chi connectivity index (χ3n) is 6.03. The van der Waals surface area contributed by atoms with E-state index in [2.05, 4.69) is 20.4 Å². The van der Waals surface area contributed by atoms with Crippen LogP contribution in [0.2, 0.25) is 0 Å². The molecule has 0 spiro atoms. The van der Waals surface area contributed by atoms with Gasteiger partial charge in [-0.05, 0) is 48.9 Å². The molecule has 1 aromatic carbocycles. The Hall–Kier alpha value is -5.19. The average molecular weight is 526 g/mol. The molecule has 0 aliphatic rings. The molecular formula is C28H27N7O4. The van der Waals surface area contributed by atoms with Crippen molar-refractivity contribution in [2.45, 2.75) is 13.5 Å². The minimum absolute atomic E-state index is 0.175. The molecule has 0 saturated heterocycles. The molecule has 1 N–H and O–H groups in total. The van der Waals surface area contributed by atoms with E-state index in [1.54, 1.807) is 56.8 Å². The van der Waals surface area contributed by atoms with E-state index >= 15 is 0 Å². The van der Waals surface area contributed by atoms with Crippen LogP contribution in [-0.2, 0) is 11.3 Å². The van der Waals surface area contributed by atoms with Crippen molar-refractivity contribution >= 4 is 28.8 Å². The maximum Gasteiger partial charge on any atom is 0.358 e. The second-order valence-electron chi connectivity index (χ2n) is 8.63. The molecule has 198 valence electrons. The monoisotopic (exact) mass is 525 g/mol. The van der Waals surface area contributed by atoms with Gasteiger partial charge in [-0.1, -0.05) is 18.2 Å². The number of carbonyl (C=O) groups is 1. The summed E-state index contributed by atoms with van der Waals surface area (Å²) in [5, 5.41) is 7.71. The second kappa shape index (κ2) is 11.1. The Morgan fingerprint density at radius 2 is 1.90 bits per heavy atom. The normalized spacial score (nSPS) is 10.8. The quantitative estimate of drug-likeness (QED) is 0.287. The number of benzene rings is 1. The number of nitrogens with zero attached hydrogens (tertiary/aromatic N) is 6. The zero-order valence-electron chi connectivity index (χ0n) is 21.7. The molecule has 0 fully saturated rings. The summed E-state index contributed by atoms with van der Waals surface area (Å²) in [6.45, 7) is 2.49. The van der Waals surface area contributed by atoms with E-state index in [4.69, 9.17) is 9.47 Å². The summed E-state index contributed by atoms with van der Waals surface area (Å²) in [7, 11) is 3.54. The number of hydrogen-bond acceptors (Lipinski definition) is 9. The molecule has 11 nitrogen and oxygen atoms in total. The maximum atomic E-state index is 13.3. The zero-order valence-corrected chi connectivity index (χ0v) is 21.7. The van der Waals surface area contributed by atoms with Gasteiger partial charge in [0.05, 0.1) is 25.6 Å². The van der Waals surface area contributed by atoms with Crippen LogP contribution in [0.15, 0.2) is 84.0 Å². The summed E-state index contributed by atoms with van der Waals surface area (Å²) in [6, 6.07) is 18.3. The van der Waals surface area contributed by atoms with Crippen molar-refractivity contribution in [2.24, 2.45) is 0 Å². The minimum atomic E-state index is -0.546. The first-order valence-electron chi connectivity index (χ1n) is 12.3. The third kappa shape index (κ3) is 5.28. The average Bonchev–Trinajstić information content (AvgIpc) is 3.39. The molecule has 0 amide bonds. The lowest BCUT2D eigenvalue weighted by molar-refractivity contribution is 0.0517. The summed E-state index contributed by atoms with van der Waals surface area (Å²) in [4.78, 5) is 36.7. The van der Waals surface area contributed by atoms with Crippen LogP contribution < -0.4 is 20.5 Å². The number of pyridine rings is 2. The fraction of sp³-hybridized carbons (Fsp3) is 0.179. The molecule has 0 bridgehead atoms. The molecule has 0 radical (unpaired) electrons. The fourth-order valence-electron chi connectivity index (χ4n) is 4.13. The summed E-state index contributed by atoms with van der Waals surface area (Å²) < 4.78 is 13.3. The van der Waals surface area contributed by atoms with E-state index in [9.17, 15) is 9.59 Å². The highest BCUT2D eigenvalue weighted by Gasteiger charge is 2.20. The van der Waals surface area contributed by atoms with Crippen LogP contribution in [0.3, 0.4) is 0 Å². The van der Waals surface area contributed by atoms with Crippen LogP contribution in [0.4, 0.5) is 17.2 Å². The summed E-state index contributed by atoms with van der Waals surface area (Å²) in [5.41, 5.74) is 2.37. The van der Waals surface area contributed by atoms with Gasteiger partial charge in [0.2, 0.25) is 0 Å². The van der Waals surface area contributed by atoms with Gasteiger partial charge in [0.25, 0.3) is 5.56 Å². The standard InChI is InChI=1S/C28H27N7O4/c1-4-39-28(37)23-17-30-26-22(33(2)18-19-10-12-20(38-3)13-11-19)16-24(32-35(23)26)31-21-8-7-15-34(27(21)36)25-9-5-6-14-29-25/h5-17H,4,18H2,1-3H3,(H,31,32). The first-order valence-corrected chi connectivity index (χ1v) is 12.3. The van der Waals surface area contributed by atoms with E-state index in [-0.39, 0.29) is 23.5 Å². The van der Waals surface area contributed by atoms with Crippen molar-refractivity contribution in [3.63, 3.8) is 0 Å². The van der Waals surface area contributed by atoms with Gasteiger partial charge in [0, 0.05) is 32.1 Å². The fourth-order valence-corrected chi connectivity index (χ4v) is 4.13. The molecule has 4 aromatic heterocycles. The molecule has 5 aromatic rings. The number of imidazole rings is 1. The van der Waals surface area contributed by atoms with E-state index < -0.39 is 5.97 Å². The highest BCUT2D eigenvalue weighted by Crippen LogP contribution is 2.27. The molecule has 39 heavy (non-hydrogen) atoms. The lowest BCUT2D eigenvalue weighted by Gasteiger charge is -2.21. The van der Waals surface area contributed by atoms with Crippen molar-refractivity contribution in [3.05, 3.63) is 101 Å². The Kier molecular flexibility index (Phi) is 7.21. The van der Waals surface area contributed by atoms with Gasteiger partial charge >= 0.3 is 5.97 Å². The van der Waals surface area contributed by atoms with Crippen molar-refractivity contribution in [2.75, 3.05) is 31.0 Å². The number of ether oxygens (including phenoxy) is 2. The molecular weight excluding hydrogens is 498 g/mol. The summed E-state index contributed by atoms with van der Waals surface area (Å²) in [5.74, 6) is 1.06. The van der Waals surface area contributed by atoms with Crippen LogP contribution in [0, 0.1) is 0 Å². The second-order valence-corrected chi connectivity index (χ2v) is 8.63. The predicted octanol–water partition coefficient (Wildman–Crippen LogP) is 3.84. The maximum absolute atomic E-state index is 13.3. The number of fused-ring (bicyclic) bond motifs is 1. The lowest BCUT2D eigenvalue weighted by atomic mass is 10.2. The molecule has 0 saturated carbocycles. The predicted molar refractivity (Wildman–Crippen MR) is 147 cm³/mol. The van der Waals surface area contributed by atoms with Gasteiger partial charge in [-0.3, -0.25) is 9.36 Å². The van der Waals surface area contributed by atoms with Gasteiger partial charge in [-0.25, -0.2) is 19.3 Å². The number of aromatic nitrogens is 5. The number of methoxy groups -OCH3 is 1. The van der Waals surface area contributed by atoms with E-state index in [0.29, 0.717) is 29.5 Å². The molecule has 0 aliphatic heterocycles. The molecule has 11 heteroatoms. The minimum Gasteiger partial charge on any atom is -0.497 e. The summed E-state index contributed by atoms with van der Waals surface area (Å²) >= 11 is 0. The Balaban J connectivity index is 1.56. The highest BCUT2D eigenvalue weighted by molar-refractivity contribution is 5.89. The Labute approximate surface area is 224 Å². The Bertz CT molecular complexity index is 1660. The van der Waals surface area contributed by atoms with Crippen LogP contribution in [0.5, 0.6) is 5.75 Å². The number of rotatable bonds is 9. The van der Waals surface area contributed by atoms with Gasteiger partial charge in [-0.2, -0.15) is 0 Å². The largest absolute Gasteiger partial charge is 0.497 e. The number of esters is 1. The van der Waals surface area contributed by atoms with Gasteiger partial charge in [-0.15, -0.1) is 5.10 Å². The van der Waals surface area contributed by atoms with Crippen LogP contribution in [0.1, 0.15) is 23.0 Å². The molecule has 4 heterocycles. The van der Waals surface area contributed by atoms with Crippen molar-refractivity contribution < 1.29 is 14.3 Å². The molecule has 0 atom stereocenters. The van der Waals surface area contributed by atoms with Crippen molar-refractivity contribution in [3.8, 4) is 11.6 Å². The summed E-state index contributed by atoms with van der Waals surface area (Å²) in [6.07, 6.45) is 4.71. The Morgan fingerprint density at radius 1 is 1.08 bits per heavy atom. The van der Waals surface area contributed by atoms with Crippen LogP contribution >= 0.6 is 0 Å².